The molecule has 2 nitrogen and oxygen atoms in total. The molecule has 1 rings (SSSR count). The van der Waals surface area contributed by atoms with Crippen LogP contribution in [0.15, 0.2) is 4.47 Å². The van der Waals surface area contributed by atoms with Crippen LogP contribution in [0, 0.1) is 23.3 Å². The summed E-state index contributed by atoms with van der Waals surface area (Å²) in [5.74, 6) is -7.61. The summed E-state index contributed by atoms with van der Waals surface area (Å²) in [5, 5.41) is 8.31. The monoisotopic (exact) mass is 300 g/mol. The van der Waals surface area contributed by atoms with Crippen LogP contribution < -0.4 is 0 Å². The second kappa shape index (κ2) is 4.82. The van der Waals surface area contributed by atoms with Crippen LogP contribution >= 0.6 is 15.9 Å². The quantitative estimate of drug-likeness (QED) is 0.529. The predicted molar refractivity (Wildman–Crippen MR) is 49.9 cm³/mol. The minimum absolute atomic E-state index is 0.617. The van der Waals surface area contributed by atoms with Crippen LogP contribution in [0.4, 0.5) is 17.6 Å². The maximum absolute atomic E-state index is 13.1. The largest absolute Gasteiger partial charge is 0.481 e. The first-order chi connectivity index (χ1) is 7.36. The lowest BCUT2D eigenvalue weighted by atomic mass is 10.1. The Balaban J connectivity index is 3.23. The lowest BCUT2D eigenvalue weighted by Gasteiger charge is -2.07. The lowest BCUT2D eigenvalue weighted by molar-refractivity contribution is -0.136. The van der Waals surface area contributed by atoms with Gasteiger partial charge in [0.1, 0.15) is 0 Å². The number of benzene rings is 1. The van der Waals surface area contributed by atoms with Crippen LogP contribution in [-0.4, -0.2) is 11.1 Å². The molecule has 0 aliphatic heterocycles. The van der Waals surface area contributed by atoms with Gasteiger partial charge in [-0.2, -0.15) is 0 Å². The highest BCUT2D eigenvalue weighted by Crippen LogP contribution is 2.28. The van der Waals surface area contributed by atoms with Gasteiger partial charge in [0.15, 0.2) is 23.3 Å². The van der Waals surface area contributed by atoms with E-state index in [0.717, 1.165) is 0 Å². The third-order valence-electron chi connectivity index (χ3n) is 1.89. The summed E-state index contributed by atoms with van der Waals surface area (Å²) in [6, 6.07) is 0. The fourth-order valence-electron chi connectivity index (χ4n) is 1.10. The van der Waals surface area contributed by atoms with Crippen molar-refractivity contribution in [3.8, 4) is 0 Å². The van der Waals surface area contributed by atoms with E-state index in [9.17, 15) is 22.4 Å². The fraction of sp³-hybridized carbons (Fsp3) is 0.222. The maximum atomic E-state index is 13.1. The van der Waals surface area contributed by atoms with Crippen molar-refractivity contribution in [3.05, 3.63) is 33.3 Å². The van der Waals surface area contributed by atoms with Gasteiger partial charge in [0, 0.05) is 12.0 Å². The molecule has 16 heavy (non-hydrogen) atoms. The van der Waals surface area contributed by atoms with Crippen LogP contribution in [0.1, 0.15) is 12.0 Å². The van der Waals surface area contributed by atoms with Crippen molar-refractivity contribution in [1.29, 1.82) is 0 Å². The Labute approximate surface area is 96.0 Å². The molecule has 7 heteroatoms. The Morgan fingerprint density at radius 1 is 1.06 bits per heavy atom. The Bertz CT molecular complexity index is 419. The highest BCUT2D eigenvalue weighted by atomic mass is 79.9. The van der Waals surface area contributed by atoms with Crippen LogP contribution in [0.2, 0.25) is 0 Å². The molecular formula is C9H5BrF4O2. The molecule has 0 fully saturated rings. The minimum Gasteiger partial charge on any atom is -0.481 e. The van der Waals surface area contributed by atoms with Gasteiger partial charge in [-0.1, -0.05) is 0 Å². The number of carbonyl (C=O) groups is 1. The van der Waals surface area contributed by atoms with E-state index in [2.05, 4.69) is 15.9 Å². The number of carboxylic acid groups (broad SMARTS) is 1. The second-order valence-electron chi connectivity index (χ2n) is 2.94. The van der Waals surface area contributed by atoms with Crippen molar-refractivity contribution in [2.45, 2.75) is 12.8 Å². The molecule has 0 atom stereocenters. The Morgan fingerprint density at radius 2 is 1.50 bits per heavy atom. The summed E-state index contributed by atoms with van der Waals surface area (Å²) in [5.41, 5.74) is -0.902. The number of aliphatic carboxylic acids is 1. The lowest BCUT2D eigenvalue weighted by Crippen LogP contribution is -2.07. The molecule has 0 unspecified atom stereocenters. The molecule has 0 saturated heterocycles. The molecule has 1 aromatic rings. The zero-order valence-corrected chi connectivity index (χ0v) is 9.25. The van der Waals surface area contributed by atoms with E-state index in [0.29, 0.717) is 0 Å². The van der Waals surface area contributed by atoms with E-state index in [1.165, 1.54) is 0 Å². The average Bonchev–Trinajstić information content (AvgIpc) is 2.23. The first-order valence-corrected chi connectivity index (χ1v) is 4.87. The van der Waals surface area contributed by atoms with Gasteiger partial charge in [-0.05, 0) is 22.4 Å². The van der Waals surface area contributed by atoms with E-state index in [-0.39, 0.29) is 0 Å². The van der Waals surface area contributed by atoms with Crippen LogP contribution in [0.5, 0.6) is 0 Å². The highest BCUT2D eigenvalue weighted by Gasteiger charge is 2.23. The van der Waals surface area contributed by atoms with Crippen molar-refractivity contribution < 1.29 is 27.5 Å². The molecule has 1 N–H and O–H groups in total. The molecule has 0 bridgehead atoms. The number of hydrogen-bond donors (Lipinski definition) is 1. The summed E-state index contributed by atoms with van der Waals surface area (Å²) < 4.78 is 51.3. The van der Waals surface area contributed by atoms with E-state index in [4.69, 9.17) is 5.11 Å². The molecule has 1 aromatic carbocycles. The molecule has 0 amide bonds. The molecule has 0 aliphatic carbocycles. The van der Waals surface area contributed by atoms with Gasteiger partial charge in [-0.15, -0.1) is 0 Å². The van der Waals surface area contributed by atoms with E-state index in [1.54, 1.807) is 0 Å². The van der Waals surface area contributed by atoms with E-state index in [1.807, 2.05) is 0 Å². The predicted octanol–water partition coefficient (Wildman–Crippen LogP) is 3.02. The molecule has 0 radical (unpaired) electrons. The third kappa shape index (κ3) is 2.34. The highest BCUT2D eigenvalue weighted by molar-refractivity contribution is 9.10. The number of rotatable bonds is 3. The van der Waals surface area contributed by atoms with Gasteiger partial charge in [-0.3, -0.25) is 4.79 Å². The summed E-state index contributed by atoms with van der Waals surface area (Å²) in [7, 11) is 0. The first kappa shape index (κ1) is 13.0. The minimum atomic E-state index is -1.58. The van der Waals surface area contributed by atoms with Crippen LogP contribution in [-0.2, 0) is 11.2 Å². The normalized spacial score (nSPS) is 10.6. The van der Waals surface area contributed by atoms with Crippen molar-refractivity contribution in [2.24, 2.45) is 0 Å². The summed E-state index contributed by atoms with van der Waals surface area (Å²) in [6.07, 6.45) is -1.23. The van der Waals surface area contributed by atoms with Gasteiger partial charge in [-0.25, -0.2) is 17.6 Å². The first-order valence-electron chi connectivity index (χ1n) is 4.08. The molecule has 0 heterocycles. The van der Waals surface area contributed by atoms with Crippen LogP contribution in [0.25, 0.3) is 0 Å². The summed E-state index contributed by atoms with van der Waals surface area (Å²) in [4.78, 5) is 10.2. The van der Waals surface area contributed by atoms with Gasteiger partial charge in [0.2, 0.25) is 0 Å². The van der Waals surface area contributed by atoms with Crippen molar-refractivity contribution in [3.63, 3.8) is 0 Å². The second-order valence-corrected chi connectivity index (χ2v) is 3.74. The van der Waals surface area contributed by atoms with Crippen molar-refractivity contribution in [2.75, 3.05) is 0 Å². The topological polar surface area (TPSA) is 37.3 Å². The standard InChI is InChI=1S/C9H5BrF4O2/c10-5-8(13)6(11)3(1-2-4(15)16)7(12)9(5)14/h1-2H2,(H,15,16). The number of hydrogen-bond acceptors (Lipinski definition) is 1. The van der Waals surface area contributed by atoms with Crippen molar-refractivity contribution >= 4 is 21.9 Å². The molecule has 0 aliphatic rings. The average molecular weight is 301 g/mol. The molecule has 0 spiro atoms. The van der Waals surface area contributed by atoms with E-state index >= 15 is 0 Å². The number of halogens is 5. The number of carboxylic acids is 1. The molecular weight excluding hydrogens is 296 g/mol. The smallest absolute Gasteiger partial charge is 0.303 e. The van der Waals surface area contributed by atoms with Crippen molar-refractivity contribution in [1.82, 2.24) is 0 Å². The SMILES string of the molecule is O=C(O)CCc1c(F)c(F)c(Br)c(F)c1F. The van der Waals surface area contributed by atoms with Gasteiger partial charge >= 0.3 is 5.97 Å². The maximum Gasteiger partial charge on any atom is 0.303 e. The van der Waals surface area contributed by atoms with E-state index < -0.39 is 52.1 Å². The Morgan fingerprint density at radius 3 is 1.88 bits per heavy atom. The fourth-order valence-corrected chi connectivity index (χ4v) is 1.45. The van der Waals surface area contributed by atoms with Crippen LogP contribution in [0.3, 0.4) is 0 Å². The molecule has 0 saturated carbocycles. The molecule has 88 valence electrons. The Hall–Kier alpha value is -1.11. The summed E-state index contributed by atoms with van der Waals surface area (Å²) >= 11 is 2.35. The molecule has 0 aromatic heterocycles. The van der Waals surface area contributed by atoms with Gasteiger partial charge in [0.25, 0.3) is 0 Å². The summed E-state index contributed by atoms with van der Waals surface area (Å²) in [6.45, 7) is 0. The van der Waals surface area contributed by atoms with Gasteiger partial charge < -0.3 is 5.11 Å². The van der Waals surface area contributed by atoms with Gasteiger partial charge in [0.05, 0.1) is 4.47 Å². The third-order valence-corrected chi connectivity index (χ3v) is 2.59. The zero-order chi connectivity index (χ0) is 12.5. The zero-order valence-electron chi connectivity index (χ0n) is 7.66. The Kier molecular flexibility index (Phi) is 3.90.